The van der Waals surface area contributed by atoms with Gasteiger partial charge in [0.25, 0.3) is 0 Å². The topological polar surface area (TPSA) is 52.3 Å². The van der Waals surface area contributed by atoms with Crippen molar-refractivity contribution in [2.24, 2.45) is 5.73 Å². The highest BCUT2D eigenvalue weighted by Gasteiger charge is 2.20. The zero-order valence-electron chi connectivity index (χ0n) is 10.4. The van der Waals surface area contributed by atoms with Crippen LogP contribution in [0.4, 0.5) is 0 Å². The van der Waals surface area contributed by atoms with E-state index in [0.29, 0.717) is 6.42 Å². The molecule has 1 unspecified atom stereocenters. The largest absolute Gasteiger partial charge is 0.459 e. The van der Waals surface area contributed by atoms with Gasteiger partial charge in [0.1, 0.15) is 11.6 Å². The van der Waals surface area contributed by atoms with Gasteiger partial charge in [-0.2, -0.15) is 0 Å². The van der Waals surface area contributed by atoms with Crippen molar-refractivity contribution in [2.45, 2.75) is 66.0 Å². The van der Waals surface area contributed by atoms with E-state index < -0.39 is 11.6 Å². The number of rotatable bonds is 3. The van der Waals surface area contributed by atoms with Gasteiger partial charge in [0.15, 0.2) is 0 Å². The van der Waals surface area contributed by atoms with Crippen LogP contribution < -0.4 is 5.73 Å². The number of hydrogen-bond donors (Lipinski definition) is 1. The van der Waals surface area contributed by atoms with E-state index in [-0.39, 0.29) is 5.97 Å². The molecule has 3 heteroatoms. The van der Waals surface area contributed by atoms with Crippen LogP contribution in [0.25, 0.3) is 0 Å². The number of nitrogens with two attached hydrogens (primary N) is 1. The monoisotopic (exact) mass is 203 g/mol. The summed E-state index contributed by atoms with van der Waals surface area (Å²) >= 11 is 0. The van der Waals surface area contributed by atoms with Gasteiger partial charge in [-0.05, 0) is 27.2 Å². The van der Waals surface area contributed by atoms with Crippen molar-refractivity contribution in [1.29, 1.82) is 0 Å². The van der Waals surface area contributed by atoms with Gasteiger partial charge in [0, 0.05) is 0 Å². The zero-order chi connectivity index (χ0) is 11.8. The summed E-state index contributed by atoms with van der Waals surface area (Å²) in [6, 6.07) is -0.464. The lowest BCUT2D eigenvalue weighted by atomic mass is 10.1. The Bertz CT molecular complexity index is 150. The van der Waals surface area contributed by atoms with Gasteiger partial charge in [-0.1, -0.05) is 27.2 Å². The molecule has 0 aromatic heterocycles. The molecule has 0 rings (SSSR count). The van der Waals surface area contributed by atoms with Crippen LogP contribution in [-0.4, -0.2) is 17.6 Å². The van der Waals surface area contributed by atoms with Gasteiger partial charge in [-0.3, -0.25) is 4.79 Å². The first-order valence-corrected chi connectivity index (χ1v) is 5.35. The maximum Gasteiger partial charge on any atom is 0.323 e. The van der Waals surface area contributed by atoms with Gasteiger partial charge in [0.05, 0.1) is 0 Å². The van der Waals surface area contributed by atoms with Crippen molar-refractivity contribution in [3.63, 3.8) is 0 Å². The predicted molar refractivity (Wildman–Crippen MR) is 60.1 cm³/mol. The molecule has 14 heavy (non-hydrogen) atoms. The highest BCUT2D eigenvalue weighted by atomic mass is 16.6. The minimum absolute atomic E-state index is 0.302. The molecule has 0 amide bonds. The molecule has 0 aliphatic carbocycles. The van der Waals surface area contributed by atoms with E-state index in [1.54, 1.807) is 0 Å². The number of carbonyl (C=O) groups is 1. The molecule has 0 bridgehead atoms. The summed E-state index contributed by atoms with van der Waals surface area (Å²) in [5.41, 5.74) is 5.13. The van der Waals surface area contributed by atoms with Crippen LogP contribution in [0.3, 0.4) is 0 Å². The average Bonchev–Trinajstić information content (AvgIpc) is 2.05. The molecule has 0 aromatic rings. The fourth-order valence-corrected chi connectivity index (χ4v) is 0.806. The molecule has 0 fully saturated rings. The summed E-state index contributed by atoms with van der Waals surface area (Å²) in [7, 11) is 0. The van der Waals surface area contributed by atoms with E-state index in [2.05, 4.69) is 0 Å². The fourth-order valence-electron chi connectivity index (χ4n) is 0.806. The maximum atomic E-state index is 11.2. The van der Waals surface area contributed by atoms with Crippen LogP contribution in [0.15, 0.2) is 0 Å². The SMILES string of the molecule is CC.CCCC(N)C(=O)OC(C)(C)C. The first-order valence-electron chi connectivity index (χ1n) is 5.35. The second-order valence-corrected chi connectivity index (χ2v) is 3.93. The zero-order valence-corrected chi connectivity index (χ0v) is 10.4. The molecule has 2 N–H and O–H groups in total. The van der Waals surface area contributed by atoms with E-state index >= 15 is 0 Å². The molecule has 0 aliphatic rings. The minimum Gasteiger partial charge on any atom is -0.459 e. The fraction of sp³-hybridized carbons (Fsp3) is 0.909. The summed E-state index contributed by atoms with van der Waals surface area (Å²) in [6.07, 6.45) is 1.59. The third kappa shape index (κ3) is 9.52. The highest BCUT2D eigenvalue weighted by Crippen LogP contribution is 2.09. The lowest BCUT2D eigenvalue weighted by Gasteiger charge is -2.21. The Morgan fingerprint density at radius 2 is 1.79 bits per heavy atom. The van der Waals surface area contributed by atoms with Crippen molar-refractivity contribution in [3.8, 4) is 0 Å². The molecule has 0 spiro atoms. The smallest absolute Gasteiger partial charge is 0.323 e. The third-order valence-corrected chi connectivity index (χ3v) is 1.31. The van der Waals surface area contributed by atoms with Gasteiger partial charge in [0.2, 0.25) is 0 Å². The molecule has 0 aliphatic heterocycles. The van der Waals surface area contributed by atoms with E-state index in [1.807, 2.05) is 41.5 Å². The standard InChI is InChI=1S/C9H19NO2.C2H6/c1-5-6-7(10)8(11)12-9(2,3)4;1-2/h7H,5-6,10H2,1-4H3;1-2H3. The second-order valence-electron chi connectivity index (χ2n) is 3.93. The van der Waals surface area contributed by atoms with Gasteiger partial charge in [-0.25, -0.2) is 0 Å². The summed E-state index contributed by atoms with van der Waals surface area (Å²) in [6.45, 7) is 11.5. The summed E-state index contributed by atoms with van der Waals surface area (Å²) in [5.74, 6) is -0.302. The molecule has 0 saturated carbocycles. The van der Waals surface area contributed by atoms with Crippen molar-refractivity contribution < 1.29 is 9.53 Å². The highest BCUT2D eigenvalue weighted by molar-refractivity contribution is 5.75. The van der Waals surface area contributed by atoms with Crippen LogP contribution >= 0.6 is 0 Å². The number of carbonyl (C=O) groups excluding carboxylic acids is 1. The number of esters is 1. The number of ether oxygens (including phenoxy) is 1. The van der Waals surface area contributed by atoms with Crippen molar-refractivity contribution >= 4 is 5.97 Å². The third-order valence-electron chi connectivity index (χ3n) is 1.31. The molecule has 0 saturated heterocycles. The molecule has 0 aromatic carbocycles. The van der Waals surface area contributed by atoms with E-state index in [9.17, 15) is 4.79 Å². The number of hydrogen-bond acceptors (Lipinski definition) is 3. The van der Waals surface area contributed by atoms with E-state index in [0.717, 1.165) is 6.42 Å². The maximum absolute atomic E-state index is 11.2. The van der Waals surface area contributed by atoms with Crippen LogP contribution in [0.5, 0.6) is 0 Å². The first kappa shape index (κ1) is 15.9. The molecule has 3 nitrogen and oxygen atoms in total. The Labute approximate surface area is 88.0 Å². The molecule has 0 radical (unpaired) electrons. The molecule has 86 valence electrons. The Kier molecular flexibility index (Phi) is 8.85. The Morgan fingerprint density at radius 3 is 2.07 bits per heavy atom. The normalized spacial score (nSPS) is 12.5. The summed E-state index contributed by atoms with van der Waals surface area (Å²) < 4.78 is 5.09. The molecule has 0 heterocycles. The second kappa shape index (κ2) is 7.80. The van der Waals surface area contributed by atoms with Gasteiger partial charge in [-0.15, -0.1) is 0 Å². The van der Waals surface area contributed by atoms with Crippen LogP contribution in [0, 0.1) is 0 Å². The van der Waals surface area contributed by atoms with Crippen LogP contribution in [0.2, 0.25) is 0 Å². The molecular formula is C11H25NO2. The van der Waals surface area contributed by atoms with Gasteiger partial charge >= 0.3 is 5.97 Å². The van der Waals surface area contributed by atoms with Crippen LogP contribution in [0.1, 0.15) is 54.4 Å². The van der Waals surface area contributed by atoms with Crippen molar-refractivity contribution in [3.05, 3.63) is 0 Å². The molecule has 1 atom stereocenters. The first-order chi connectivity index (χ1) is 6.37. The van der Waals surface area contributed by atoms with Gasteiger partial charge < -0.3 is 10.5 Å². The summed E-state index contributed by atoms with van der Waals surface area (Å²) in [5, 5.41) is 0. The average molecular weight is 203 g/mol. The van der Waals surface area contributed by atoms with E-state index in [1.165, 1.54) is 0 Å². The Hall–Kier alpha value is -0.570. The molecular weight excluding hydrogens is 178 g/mol. The minimum atomic E-state index is -0.464. The lowest BCUT2D eigenvalue weighted by molar-refractivity contribution is -0.156. The Balaban J connectivity index is 0. The lowest BCUT2D eigenvalue weighted by Crippen LogP contribution is -2.37. The van der Waals surface area contributed by atoms with E-state index in [4.69, 9.17) is 10.5 Å². The summed E-state index contributed by atoms with van der Waals surface area (Å²) in [4.78, 5) is 11.2. The van der Waals surface area contributed by atoms with Crippen molar-refractivity contribution in [1.82, 2.24) is 0 Å². The predicted octanol–water partition coefficient (Wildman–Crippen LogP) is 2.48. The quantitative estimate of drug-likeness (QED) is 0.717. The Morgan fingerprint density at radius 1 is 1.36 bits per heavy atom. The van der Waals surface area contributed by atoms with Crippen molar-refractivity contribution in [2.75, 3.05) is 0 Å². The van der Waals surface area contributed by atoms with Crippen LogP contribution in [-0.2, 0) is 9.53 Å².